The number of amides is 2. The smallest absolute Gasteiger partial charge is 0.252 e. The molecule has 0 aromatic heterocycles. The Kier molecular flexibility index (Phi) is 8.79. The zero-order chi connectivity index (χ0) is 18.1. The summed E-state index contributed by atoms with van der Waals surface area (Å²) >= 11 is 6.15. The molecule has 24 heavy (non-hydrogen) atoms. The maximum Gasteiger partial charge on any atom is 0.252 e. The number of carbonyl (C=O) groups excluding carboxylic acids is 2. The second-order valence-corrected chi connectivity index (χ2v) is 6.97. The minimum atomic E-state index is -0.214. The molecule has 1 aromatic rings. The highest BCUT2D eigenvalue weighted by molar-refractivity contribution is 6.34. The van der Waals surface area contributed by atoms with Gasteiger partial charge in [-0.15, -0.1) is 0 Å². The molecule has 0 aliphatic carbocycles. The van der Waals surface area contributed by atoms with Crippen molar-refractivity contribution >= 4 is 29.1 Å². The molecule has 1 rings (SSSR count). The van der Waals surface area contributed by atoms with Crippen molar-refractivity contribution in [2.45, 2.75) is 34.1 Å². The Labute approximate surface area is 149 Å². The van der Waals surface area contributed by atoms with E-state index >= 15 is 0 Å². The predicted molar refractivity (Wildman–Crippen MR) is 97.5 cm³/mol. The van der Waals surface area contributed by atoms with Crippen molar-refractivity contribution in [2.75, 3.05) is 25.1 Å². The SMILES string of the molecule is CC(C)CNC(=O)c1ccc(NC(=O)CCOCC(C)C)cc1Cl. The van der Waals surface area contributed by atoms with Gasteiger partial charge in [-0.2, -0.15) is 0 Å². The molecule has 2 N–H and O–H groups in total. The lowest BCUT2D eigenvalue weighted by Crippen LogP contribution is -2.27. The second kappa shape index (κ2) is 10.3. The summed E-state index contributed by atoms with van der Waals surface area (Å²) < 4.78 is 5.38. The van der Waals surface area contributed by atoms with Crippen LogP contribution in [0.3, 0.4) is 0 Å². The molecule has 5 nitrogen and oxygen atoms in total. The van der Waals surface area contributed by atoms with Crippen LogP contribution in [0.25, 0.3) is 0 Å². The number of ether oxygens (including phenoxy) is 1. The van der Waals surface area contributed by atoms with E-state index in [0.29, 0.717) is 47.9 Å². The van der Waals surface area contributed by atoms with Gasteiger partial charge in [0, 0.05) is 18.8 Å². The van der Waals surface area contributed by atoms with Gasteiger partial charge >= 0.3 is 0 Å². The molecule has 0 bridgehead atoms. The van der Waals surface area contributed by atoms with Gasteiger partial charge in [-0.3, -0.25) is 9.59 Å². The maximum atomic E-state index is 12.0. The van der Waals surface area contributed by atoms with E-state index in [2.05, 4.69) is 24.5 Å². The van der Waals surface area contributed by atoms with Gasteiger partial charge in [-0.1, -0.05) is 39.3 Å². The predicted octanol–water partition coefficient (Wildman–Crippen LogP) is 3.73. The Bertz CT molecular complexity index is 559. The maximum absolute atomic E-state index is 12.0. The standard InChI is InChI=1S/C18H27ClN2O3/c1-12(2)10-20-18(23)15-6-5-14(9-16(15)19)21-17(22)7-8-24-11-13(3)4/h5-6,9,12-13H,7-8,10-11H2,1-4H3,(H,20,23)(H,21,22). The van der Waals surface area contributed by atoms with Crippen molar-refractivity contribution < 1.29 is 14.3 Å². The summed E-state index contributed by atoms with van der Waals surface area (Å²) in [5, 5.41) is 5.88. The number of hydrogen-bond acceptors (Lipinski definition) is 3. The molecule has 0 saturated carbocycles. The van der Waals surface area contributed by atoms with Crippen LogP contribution in [-0.2, 0) is 9.53 Å². The largest absolute Gasteiger partial charge is 0.381 e. The van der Waals surface area contributed by atoms with Crippen LogP contribution in [0.15, 0.2) is 18.2 Å². The van der Waals surface area contributed by atoms with Gasteiger partial charge in [-0.05, 0) is 30.0 Å². The number of carbonyl (C=O) groups is 2. The van der Waals surface area contributed by atoms with Crippen molar-refractivity contribution in [3.05, 3.63) is 28.8 Å². The van der Waals surface area contributed by atoms with E-state index in [1.54, 1.807) is 18.2 Å². The molecule has 0 aliphatic rings. The number of nitrogens with one attached hydrogen (secondary N) is 2. The van der Waals surface area contributed by atoms with Crippen LogP contribution in [0.5, 0.6) is 0 Å². The molecule has 2 amide bonds. The average Bonchev–Trinajstić information content (AvgIpc) is 2.49. The third-order valence-electron chi connectivity index (χ3n) is 3.09. The van der Waals surface area contributed by atoms with E-state index in [9.17, 15) is 9.59 Å². The first-order valence-electron chi connectivity index (χ1n) is 8.25. The van der Waals surface area contributed by atoms with E-state index in [4.69, 9.17) is 16.3 Å². The molecular weight excluding hydrogens is 328 g/mol. The number of anilines is 1. The average molecular weight is 355 g/mol. The molecule has 1 aromatic carbocycles. The lowest BCUT2D eigenvalue weighted by Gasteiger charge is -2.11. The Hall–Kier alpha value is -1.59. The lowest BCUT2D eigenvalue weighted by molar-refractivity contribution is -0.117. The molecule has 0 heterocycles. The van der Waals surface area contributed by atoms with Crippen LogP contribution in [0.4, 0.5) is 5.69 Å². The Morgan fingerprint density at radius 2 is 1.88 bits per heavy atom. The van der Waals surface area contributed by atoms with Crippen LogP contribution < -0.4 is 10.6 Å². The van der Waals surface area contributed by atoms with Gasteiger partial charge in [0.25, 0.3) is 5.91 Å². The van der Waals surface area contributed by atoms with E-state index in [0.717, 1.165) is 0 Å². The normalized spacial score (nSPS) is 11.0. The molecule has 0 saturated heterocycles. The summed E-state index contributed by atoms with van der Waals surface area (Å²) in [5.74, 6) is 0.450. The minimum absolute atomic E-state index is 0.146. The summed E-state index contributed by atoms with van der Waals surface area (Å²) in [6.45, 7) is 9.76. The fraction of sp³-hybridized carbons (Fsp3) is 0.556. The zero-order valence-electron chi connectivity index (χ0n) is 14.8. The van der Waals surface area contributed by atoms with Crippen LogP contribution in [0, 0.1) is 11.8 Å². The van der Waals surface area contributed by atoms with Gasteiger partial charge < -0.3 is 15.4 Å². The van der Waals surface area contributed by atoms with Crippen molar-refractivity contribution in [3.63, 3.8) is 0 Å². The highest BCUT2D eigenvalue weighted by Crippen LogP contribution is 2.21. The fourth-order valence-electron chi connectivity index (χ4n) is 1.88. The highest BCUT2D eigenvalue weighted by Gasteiger charge is 2.12. The van der Waals surface area contributed by atoms with Gasteiger partial charge in [-0.25, -0.2) is 0 Å². The summed E-state index contributed by atoms with van der Waals surface area (Å²) in [6, 6.07) is 4.87. The number of rotatable bonds is 9. The minimum Gasteiger partial charge on any atom is -0.381 e. The highest BCUT2D eigenvalue weighted by atomic mass is 35.5. The van der Waals surface area contributed by atoms with Crippen LogP contribution in [0.2, 0.25) is 5.02 Å². The van der Waals surface area contributed by atoms with Gasteiger partial charge in [0.1, 0.15) is 0 Å². The van der Waals surface area contributed by atoms with Gasteiger partial charge in [0.15, 0.2) is 0 Å². The van der Waals surface area contributed by atoms with Crippen molar-refractivity contribution in [1.29, 1.82) is 0 Å². The fourth-order valence-corrected chi connectivity index (χ4v) is 2.14. The monoisotopic (exact) mass is 354 g/mol. The topological polar surface area (TPSA) is 67.4 Å². The summed E-state index contributed by atoms with van der Waals surface area (Å²) in [5.41, 5.74) is 0.963. The number of benzene rings is 1. The van der Waals surface area contributed by atoms with E-state index < -0.39 is 0 Å². The summed E-state index contributed by atoms with van der Waals surface area (Å²) in [6.07, 6.45) is 0.279. The molecule has 6 heteroatoms. The van der Waals surface area contributed by atoms with Gasteiger partial charge in [0.2, 0.25) is 5.91 Å². The Morgan fingerprint density at radius 3 is 2.46 bits per heavy atom. The van der Waals surface area contributed by atoms with Crippen molar-refractivity contribution in [1.82, 2.24) is 5.32 Å². The first-order valence-corrected chi connectivity index (χ1v) is 8.62. The molecule has 0 aliphatic heterocycles. The zero-order valence-corrected chi connectivity index (χ0v) is 15.6. The molecule has 0 fully saturated rings. The molecule has 0 spiro atoms. The third kappa shape index (κ3) is 7.79. The summed E-state index contributed by atoms with van der Waals surface area (Å²) in [4.78, 5) is 23.9. The van der Waals surface area contributed by atoms with Crippen LogP contribution in [0.1, 0.15) is 44.5 Å². The molecular formula is C18H27ClN2O3. The molecule has 0 atom stereocenters. The Morgan fingerprint density at radius 1 is 1.17 bits per heavy atom. The molecule has 0 radical (unpaired) electrons. The quantitative estimate of drug-likeness (QED) is 0.664. The van der Waals surface area contributed by atoms with Crippen LogP contribution >= 0.6 is 11.6 Å². The van der Waals surface area contributed by atoms with E-state index in [1.807, 2.05) is 13.8 Å². The van der Waals surface area contributed by atoms with Crippen LogP contribution in [-0.4, -0.2) is 31.6 Å². The third-order valence-corrected chi connectivity index (χ3v) is 3.41. The molecule has 134 valence electrons. The van der Waals surface area contributed by atoms with Gasteiger partial charge in [0.05, 0.1) is 23.6 Å². The van der Waals surface area contributed by atoms with Crippen molar-refractivity contribution in [3.8, 4) is 0 Å². The first-order chi connectivity index (χ1) is 11.3. The van der Waals surface area contributed by atoms with E-state index in [-0.39, 0.29) is 18.2 Å². The Balaban J connectivity index is 2.52. The van der Waals surface area contributed by atoms with Crippen molar-refractivity contribution in [2.24, 2.45) is 11.8 Å². The second-order valence-electron chi connectivity index (χ2n) is 6.57. The van der Waals surface area contributed by atoms with E-state index in [1.165, 1.54) is 0 Å². The number of hydrogen-bond donors (Lipinski definition) is 2. The first kappa shape index (κ1) is 20.5. The number of halogens is 1. The summed E-state index contributed by atoms with van der Waals surface area (Å²) in [7, 11) is 0. The lowest BCUT2D eigenvalue weighted by atomic mass is 10.1. The molecule has 0 unspecified atom stereocenters.